The van der Waals surface area contributed by atoms with Gasteiger partial charge in [0.1, 0.15) is 11.4 Å². The van der Waals surface area contributed by atoms with Crippen LogP contribution in [0.1, 0.15) is 16.1 Å². The number of non-ortho nitro benzene ring substituents is 1. The molecule has 0 spiro atoms. The highest BCUT2D eigenvalue weighted by Gasteiger charge is 2.20. The van der Waals surface area contributed by atoms with Gasteiger partial charge in [-0.15, -0.1) is 0 Å². The van der Waals surface area contributed by atoms with Crippen molar-refractivity contribution in [2.45, 2.75) is 6.54 Å². The SMILES string of the molecule is Cn1cccc1-c1cc(C(=O)NCc2ccncc2)n(-c2cccc([N+](=O)[O-])c2)n1. The van der Waals surface area contributed by atoms with Gasteiger partial charge in [-0.3, -0.25) is 19.9 Å². The fourth-order valence-corrected chi connectivity index (χ4v) is 3.10. The molecule has 3 aromatic heterocycles. The molecule has 9 nitrogen and oxygen atoms in total. The fraction of sp³-hybridized carbons (Fsp3) is 0.0952. The van der Waals surface area contributed by atoms with E-state index in [1.54, 1.807) is 30.6 Å². The molecule has 9 heteroatoms. The number of amides is 1. The lowest BCUT2D eigenvalue weighted by Gasteiger charge is -2.08. The van der Waals surface area contributed by atoms with Crippen molar-refractivity contribution >= 4 is 11.6 Å². The van der Waals surface area contributed by atoms with E-state index in [2.05, 4.69) is 15.4 Å². The number of nitro benzene ring substituents is 1. The van der Waals surface area contributed by atoms with Crippen LogP contribution < -0.4 is 5.32 Å². The van der Waals surface area contributed by atoms with E-state index >= 15 is 0 Å². The second kappa shape index (κ2) is 8.00. The minimum atomic E-state index is -0.478. The van der Waals surface area contributed by atoms with Gasteiger partial charge in [-0.1, -0.05) is 6.07 Å². The van der Waals surface area contributed by atoms with E-state index in [-0.39, 0.29) is 17.3 Å². The lowest BCUT2D eigenvalue weighted by atomic mass is 10.2. The number of carbonyl (C=O) groups excluding carboxylic acids is 1. The molecule has 0 unspecified atom stereocenters. The summed E-state index contributed by atoms with van der Waals surface area (Å²) in [7, 11) is 1.88. The molecule has 1 N–H and O–H groups in total. The third kappa shape index (κ3) is 3.81. The van der Waals surface area contributed by atoms with E-state index in [1.807, 2.05) is 42.1 Å². The van der Waals surface area contributed by atoms with Gasteiger partial charge in [0, 0.05) is 44.3 Å². The van der Waals surface area contributed by atoms with E-state index in [4.69, 9.17) is 0 Å². The zero-order valence-electron chi connectivity index (χ0n) is 16.1. The minimum Gasteiger partial charge on any atom is -0.349 e. The number of pyridine rings is 1. The molecule has 30 heavy (non-hydrogen) atoms. The second-order valence-corrected chi connectivity index (χ2v) is 6.65. The van der Waals surface area contributed by atoms with Gasteiger partial charge in [-0.05, 0) is 42.0 Å². The smallest absolute Gasteiger partial charge is 0.271 e. The van der Waals surface area contributed by atoms with Crippen LogP contribution in [0.25, 0.3) is 17.1 Å². The number of hydrogen-bond donors (Lipinski definition) is 1. The van der Waals surface area contributed by atoms with Gasteiger partial charge in [0.05, 0.1) is 16.3 Å². The summed E-state index contributed by atoms with van der Waals surface area (Å²) in [5, 5.41) is 18.6. The maximum absolute atomic E-state index is 13.0. The second-order valence-electron chi connectivity index (χ2n) is 6.65. The Morgan fingerprint density at radius 2 is 1.93 bits per heavy atom. The number of nitro groups is 1. The average Bonchev–Trinajstić information content (AvgIpc) is 3.39. The van der Waals surface area contributed by atoms with Crippen molar-refractivity contribution in [2.24, 2.45) is 7.05 Å². The Bertz CT molecular complexity index is 1210. The van der Waals surface area contributed by atoms with Gasteiger partial charge in [0.15, 0.2) is 0 Å². The Hall–Kier alpha value is -4.27. The van der Waals surface area contributed by atoms with Crippen molar-refractivity contribution in [3.63, 3.8) is 0 Å². The van der Waals surface area contributed by atoms with Crippen LogP contribution in [0.2, 0.25) is 0 Å². The summed E-state index contributed by atoms with van der Waals surface area (Å²) in [5.74, 6) is -0.341. The highest BCUT2D eigenvalue weighted by atomic mass is 16.6. The first kappa shape index (κ1) is 19.1. The number of rotatable bonds is 6. The minimum absolute atomic E-state index is 0.0773. The molecule has 0 atom stereocenters. The van der Waals surface area contributed by atoms with Gasteiger partial charge in [0.25, 0.3) is 11.6 Å². The van der Waals surface area contributed by atoms with Crippen LogP contribution in [0, 0.1) is 10.1 Å². The standard InChI is InChI=1S/C21H18N6O3/c1-25-11-3-6-19(25)18-13-20(21(28)23-14-15-7-9-22-10-8-15)26(24-18)16-4-2-5-17(12-16)27(29)30/h2-13H,14H2,1H3,(H,23,28). The average molecular weight is 402 g/mol. The van der Waals surface area contributed by atoms with Gasteiger partial charge in [-0.2, -0.15) is 5.10 Å². The Balaban J connectivity index is 1.73. The molecule has 1 aromatic carbocycles. The molecule has 0 fully saturated rings. The third-order valence-electron chi connectivity index (χ3n) is 4.64. The first-order chi connectivity index (χ1) is 14.5. The summed E-state index contributed by atoms with van der Waals surface area (Å²) < 4.78 is 3.32. The number of nitrogens with one attached hydrogen (secondary N) is 1. The topological polar surface area (TPSA) is 108 Å². The van der Waals surface area contributed by atoms with Crippen LogP contribution in [-0.4, -0.2) is 30.2 Å². The van der Waals surface area contributed by atoms with Crippen molar-refractivity contribution in [1.82, 2.24) is 24.6 Å². The molecule has 0 aliphatic carbocycles. The predicted octanol–water partition coefficient (Wildman–Crippen LogP) is 3.11. The van der Waals surface area contributed by atoms with Gasteiger partial charge >= 0.3 is 0 Å². The number of benzene rings is 1. The summed E-state index contributed by atoms with van der Waals surface area (Å²) in [5.41, 5.74) is 2.94. The monoisotopic (exact) mass is 402 g/mol. The predicted molar refractivity (Wildman–Crippen MR) is 110 cm³/mol. The molecule has 0 saturated carbocycles. The number of hydrogen-bond acceptors (Lipinski definition) is 5. The molecule has 3 heterocycles. The van der Waals surface area contributed by atoms with Gasteiger partial charge < -0.3 is 9.88 Å². The maximum atomic E-state index is 13.0. The Kier molecular flexibility index (Phi) is 5.08. The molecule has 1 amide bonds. The molecule has 0 bridgehead atoms. The fourth-order valence-electron chi connectivity index (χ4n) is 3.10. The lowest BCUT2D eigenvalue weighted by Crippen LogP contribution is -2.25. The Labute approximate surface area is 171 Å². The molecular formula is C21H18N6O3. The largest absolute Gasteiger partial charge is 0.349 e. The van der Waals surface area contributed by atoms with Crippen LogP contribution in [-0.2, 0) is 13.6 Å². The normalized spacial score (nSPS) is 10.7. The summed E-state index contributed by atoms with van der Waals surface area (Å²) in [6.07, 6.45) is 5.19. The van der Waals surface area contributed by atoms with Crippen molar-refractivity contribution < 1.29 is 9.72 Å². The first-order valence-corrected chi connectivity index (χ1v) is 9.16. The molecule has 4 rings (SSSR count). The molecule has 0 aliphatic rings. The summed E-state index contributed by atoms with van der Waals surface area (Å²) in [6.45, 7) is 0.320. The zero-order chi connectivity index (χ0) is 21.1. The number of aryl methyl sites for hydroxylation is 1. The number of aromatic nitrogens is 4. The highest BCUT2D eigenvalue weighted by molar-refractivity contribution is 5.94. The van der Waals surface area contributed by atoms with Crippen molar-refractivity contribution in [3.05, 3.63) is 94.6 Å². The molecule has 0 aliphatic heterocycles. The van der Waals surface area contributed by atoms with E-state index in [0.29, 0.717) is 17.9 Å². The van der Waals surface area contributed by atoms with Crippen molar-refractivity contribution in [1.29, 1.82) is 0 Å². The summed E-state index contributed by atoms with van der Waals surface area (Å²) in [4.78, 5) is 27.6. The zero-order valence-corrected chi connectivity index (χ0v) is 16.1. The maximum Gasteiger partial charge on any atom is 0.271 e. The van der Waals surface area contributed by atoms with Crippen LogP contribution in [0.5, 0.6) is 0 Å². The molecule has 4 aromatic rings. The van der Waals surface area contributed by atoms with Gasteiger partial charge in [-0.25, -0.2) is 4.68 Å². The van der Waals surface area contributed by atoms with Crippen LogP contribution in [0.3, 0.4) is 0 Å². The summed E-state index contributed by atoms with van der Waals surface area (Å²) in [6, 6.07) is 15.1. The summed E-state index contributed by atoms with van der Waals surface area (Å²) >= 11 is 0. The first-order valence-electron chi connectivity index (χ1n) is 9.16. The quantitative estimate of drug-likeness (QED) is 0.394. The molecule has 0 saturated heterocycles. The van der Waals surface area contributed by atoms with Crippen molar-refractivity contribution in [2.75, 3.05) is 0 Å². The van der Waals surface area contributed by atoms with E-state index in [9.17, 15) is 14.9 Å². The Morgan fingerprint density at radius 3 is 2.63 bits per heavy atom. The highest BCUT2D eigenvalue weighted by Crippen LogP contribution is 2.24. The van der Waals surface area contributed by atoms with Crippen LogP contribution >= 0.6 is 0 Å². The number of carbonyl (C=O) groups is 1. The third-order valence-corrected chi connectivity index (χ3v) is 4.64. The lowest BCUT2D eigenvalue weighted by molar-refractivity contribution is -0.384. The van der Waals surface area contributed by atoms with Crippen LogP contribution in [0.4, 0.5) is 5.69 Å². The van der Waals surface area contributed by atoms with Crippen molar-refractivity contribution in [3.8, 4) is 17.1 Å². The molecule has 0 radical (unpaired) electrons. The van der Waals surface area contributed by atoms with E-state index in [0.717, 1.165) is 11.3 Å². The van der Waals surface area contributed by atoms with E-state index < -0.39 is 4.92 Å². The molecule has 150 valence electrons. The number of nitrogens with zero attached hydrogens (tertiary/aromatic N) is 5. The van der Waals surface area contributed by atoms with Gasteiger partial charge in [0.2, 0.25) is 0 Å². The van der Waals surface area contributed by atoms with Crippen LogP contribution in [0.15, 0.2) is 73.2 Å². The molecular weight excluding hydrogens is 384 g/mol. The Morgan fingerprint density at radius 1 is 1.13 bits per heavy atom. The van der Waals surface area contributed by atoms with E-state index in [1.165, 1.54) is 16.8 Å².